The third-order valence-corrected chi connectivity index (χ3v) is 11.4. The molecule has 0 aromatic rings. The highest BCUT2D eigenvalue weighted by Crippen LogP contribution is 2.43. The third-order valence-electron chi connectivity index (χ3n) is 10.4. The molecule has 11 nitrogen and oxygen atoms in total. The van der Waals surface area contributed by atoms with Crippen LogP contribution in [0.25, 0.3) is 0 Å². The van der Waals surface area contributed by atoms with Crippen LogP contribution in [0.1, 0.15) is 188 Å². The van der Waals surface area contributed by atoms with E-state index in [0.29, 0.717) is 25.7 Å². The van der Waals surface area contributed by atoms with Gasteiger partial charge in [-0.05, 0) is 83.5 Å². The van der Waals surface area contributed by atoms with Gasteiger partial charge in [0.25, 0.3) is 0 Å². The van der Waals surface area contributed by atoms with E-state index in [1.165, 1.54) is 44.9 Å². The van der Waals surface area contributed by atoms with E-state index in [0.717, 1.165) is 77.0 Å². The molecule has 0 aliphatic carbocycles. The lowest BCUT2D eigenvalue weighted by molar-refractivity contribution is -0.160. The highest BCUT2D eigenvalue weighted by atomic mass is 31.2. The Hall–Kier alpha value is -4.12. The van der Waals surface area contributed by atoms with Gasteiger partial charge in [-0.15, -0.1) is 0 Å². The van der Waals surface area contributed by atoms with E-state index in [2.05, 4.69) is 106 Å². The summed E-state index contributed by atoms with van der Waals surface area (Å²) in [5.41, 5.74) is 0. The van der Waals surface area contributed by atoms with E-state index in [4.69, 9.17) is 23.3 Å². The van der Waals surface area contributed by atoms with Crippen molar-refractivity contribution in [3.8, 4) is 0 Å². The number of aliphatic hydroxyl groups excluding tert-OH is 1. The Balaban J connectivity index is 4.96. The molecular formula is C58H93O11P. The van der Waals surface area contributed by atoms with E-state index >= 15 is 0 Å². The molecule has 0 saturated heterocycles. The quantitative estimate of drug-likeness (QED) is 0.0197. The molecule has 0 bridgehead atoms. The minimum absolute atomic E-state index is 0.0821. The molecule has 2 N–H and O–H groups in total. The monoisotopic (exact) mass is 997 g/mol. The first kappa shape index (κ1) is 65.9. The summed E-state index contributed by atoms with van der Waals surface area (Å²) in [6.07, 6.45) is 62.1. The third kappa shape index (κ3) is 48.9. The van der Waals surface area contributed by atoms with Crippen molar-refractivity contribution in [2.24, 2.45) is 0 Å². The molecule has 3 atom stereocenters. The molecule has 0 fully saturated rings. The number of ether oxygens (including phenoxy) is 3. The van der Waals surface area contributed by atoms with Crippen molar-refractivity contribution in [1.29, 1.82) is 0 Å². The Labute approximate surface area is 424 Å². The van der Waals surface area contributed by atoms with E-state index in [1.807, 2.05) is 30.4 Å². The molecule has 3 unspecified atom stereocenters. The van der Waals surface area contributed by atoms with Crippen molar-refractivity contribution in [3.63, 3.8) is 0 Å². The predicted octanol–water partition coefficient (Wildman–Crippen LogP) is 15.2. The van der Waals surface area contributed by atoms with Crippen molar-refractivity contribution < 1.29 is 52.2 Å². The van der Waals surface area contributed by atoms with Gasteiger partial charge in [-0.2, -0.15) is 0 Å². The molecule has 0 spiro atoms. The number of aliphatic hydroxyl groups is 1. The van der Waals surface area contributed by atoms with E-state index in [9.17, 15) is 28.9 Å². The normalized spacial score (nSPS) is 14.4. The smallest absolute Gasteiger partial charge is 0.462 e. The van der Waals surface area contributed by atoms with Crippen LogP contribution in [-0.2, 0) is 42.2 Å². The summed E-state index contributed by atoms with van der Waals surface area (Å²) in [5, 5.41) is 9.77. The first-order chi connectivity index (χ1) is 34.2. The highest BCUT2D eigenvalue weighted by molar-refractivity contribution is 7.47. The molecule has 0 amide bonds. The van der Waals surface area contributed by atoms with Gasteiger partial charge in [0, 0.05) is 12.8 Å². The number of hydrogen-bond acceptors (Lipinski definition) is 10. The molecule has 0 rings (SSSR count). The average Bonchev–Trinajstić information content (AvgIpc) is 3.35. The molecule has 0 aliphatic heterocycles. The molecular weight excluding hydrogens is 904 g/mol. The van der Waals surface area contributed by atoms with Crippen LogP contribution in [0.15, 0.2) is 122 Å². The fourth-order valence-corrected chi connectivity index (χ4v) is 7.25. The number of allylic oxidation sites excluding steroid dienone is 19. The van der Waals surface area contributed by atoms with Gasteiger partial charge in [0.05, 0.1) is 26.2 Å². The van der Waals surface area contributed by atoms with Crippen LogP contribution in [0.3, 0.4) is 0 Å². The van der Waals surface area contributed by atoms with Crippen LogP contribution < -0.4 is 0 Å². The molecule has 0 aromatic heterocycles. The molecule has 0 heterocycles. The summed E-state index contributed by atoms with van der Waals surface area (Å²) >= 11 is 0. The van der Waals surface area contributed by atoms with E-state index in [1.54, 1.807) is 6.08 Å². The summed E-state index contributed by atoms with van der Waals surface area (Å²) < 4.78 is 39.2. The molecule has 0 aliphatic rings. The lowest BCUT2D eigenvalue weighted by Crippen LogP contribution is -2.30. The predicted molar refractivity (Wildman–Crippen MR) is 288 cm³/mol. The number of carbonyl (C=O) groups excluding carboxylic acids is 3. The fraction of sp³-hybridized carbons (Fsp3) is 0.603. The standard InChI is InChI=1S/C58H93O11P/c1-4-7-10-13-16-19-22-24-26-27-29-30-33-35-38-41-44-47-56(60)65-51-55(69-58(62)49-46-43-40-37-34-31-28-25-23-20-17-14-11-8-5-2)53-67-70(63,64)66-52-54(50-59)68-57(61)48-45-42-39-36-32-21-18-15-12-9-6-3/h7-8,10-11,16-17,19-20,24-26,28-30,34-35,37-38,43,46,54-55,59H,4-6,9,12-15,18,21-23,27,31-33,36,39-42,44-45,47-53H2,1-3H3,(H,63,64)/b10-7-,11-8-,19-16-,20-17-,26-24-,28-25-,30-29-,37-34-,38-35-,46-43-. The minimum atomic E-state index is -4.78. The first-order valence-corrected chi connectivity index (χ1v) is 27.9. The van der Waals surface area contributed by atoms with E-state index < -0.39 is 64.4 Å². The number of carbonyl (C=O) groups is 3. The number of rotatable bonds is 47. The van der Waals surface area contributed by atoms with Gasteiger partial charge in [0.1, 0.15) is 12.7 Å². The fourth-order valence-electron chi connectivity index (χ4n) is 6.47. The molecule has 0 saturated carbocycles. The second kappa shape index (κ2) is 51.2. The van der Waals surface area contributed by atoms with Crippen molar-refractivity contribution in [1.82, 2.24) is 0 Å². The molecule has 12 heteroatoms. The first-order valence-electron chi connectivity index (χ1n) is 26.4. The maximum absolute atomic E-state index is 12.8. The Morgan fingerprint density at radius 1 is 0.429 bits per heavy atom. The summed E-state index contributed by atoms with van der Waals surface area (Å²) in [6, 6.07) is 0. The van der Waals surface area contributed by atoms with E-state index in [-0.39, 0.29) is 19.3 Å². The molecule has 396 valence electrons. The zero-order valence-electron chi connectivity index (χ0n) is 43.4. The van der Waals surface area contributed by atoms with Crippen LogP contribution in [-0.4, -0.2) is 66.5 Å². The van der Waals surface area contributed by atoms with Crippen LogP contribution in [0.5, 0.6) is 0 Å². The summed E-state index contributed by atoms with van der Waals surface area (Å²) in [6.45, 7) is 4.20. The van der Waals surface area contributed by atoms with Gasteiger partial charge in [-0.25, -0.2) is 4.57 Å². The van der Waals surface area contributed by atoms with Crippen LogP contribution >= 0.6 is 7.82 Å². The topological polar surface area (TPSA) is 155 Å². The van der Waals surface area contributed by atoms with Crippen molar-refractivity contribution in [2.75, 3.05) is 26.4 Å². The molecule has 70 heavy (non-hydrogen) atoms. The van der Waals surface area contributed by atoms with Crippen molar-refractivity contribution >= 4 is 25.7 Å². The van der Waals surface area contributed by atoms with Crippen LogP contribution in [0, 0.1) is 0 Å². The second-order valence-corrected chi connectivity index (χ2v) is 18.4. The number of hydrogen-bond donors (Lipinski definition) is 2. The Bertz CT molecular complexity index is 1630. The maximum Gasteiger partial charge on any atom is 0.472 e. The summed E-state index contributed by atoms with van der Waals surface area (Å²) in [7, 11) is -4.78. The van der Waals surface area contributed by atoms with Gasteiger partial charge >= 0.3 is 25.7 Å². The zero-order chi connectivity index (χ0) is 51.3. The number of phosphoric ester groups is 1. The molecule has 0 aromatic carbocycles. The Kier molecular flexibility index (Phi) is 48.2. The lowest BCUT2D eigenvalue weighted by Gasteiger charge is -2.21. The second-order valence-electron chi connectivity index (χ2n) is 16.9. The minimum Gasteiger partial charge on any atom is -0.462 e. The summed E-state index contributed by atoms with van der Waals surface area (Å²) in [5.74, 6) is -1.70. The average molecular weight is 997 g/mol. The Morgan fingerprint density at radius 2 is 0.800 bits per heavy atom. The maximum atomic E-state index is 12.8. The lowest BCUT2D eigenvalue weighted by atomic mass is 10.1. The van der Waals surface area contributed by atoms with Crippen molar-refractivity contribution in [3.05, 3.63) is 122 Å². The number of unbranched alkanes of at least 4 members (excludes halogenated alkanes) is 11. The van der Waals surface area contributed by atoms with Crippen LogP contribution in [0.2, 0.25) is 0 Å². The Morgan fingerprint density at radius 3 is 1.24 bits per heavy atom. The number of phosphoric acid groups is 1. The van der Waals surface area contributed by atoms with Gasteiger partial charge in [-0.1, -0.05) is 206 Å². The van der Waals surface area contributed by atoms with Gasteiger partial charge < -0.3 is 24.2 Å². The highest BCUT2D eigenvalue weighted by Gasteiger charge is 2.28. The van der Waals surface area contributed by atoms with Gasteiger partial charge in [-0.3, -0.25) is 23.4 Å². The number of esters is 3. The van der Waals surface area contributed by atoms with Gasteiger partial charge in [0.2, 0.25) is 0 Å². The van der Waals surface area contributed by atoms with Crippen LogP contribution in [0.4, 0.5) is 0 Å². The molecule has 0 radical (unpaired) electrons. The largest absolute Gasteiger partial charge is 0.472 e. The zero-order valence-corrected chi connectivity index (χ0v) is 44.3. The SMILES string of the molecule is CC/C=C\C/C=C\C/C=C\C/C=C\C/C=C\CCCC(=O)OCC(COP(=O)(O)OCC(CO)OC(=O)CCCCCCCCCCCCC)OC(=O)C/C=C\C/C=C\C/C=C\C/C=C\C/C=C\CC. The van der Waals surface area contributed by atoms with Crippen molar-refractivity contribution in [2.45, 2.75) is 200 Å². The summed E-state index contributed by atoms with van der Waals surface area (Å²) in [4.78, 5) is 48.3. The van der Waals surface area contributed by atoms with Gasteiger partial charge in [0.15, 0.2) is 6.10 Å².